The SMILES string of the molecule is CCOC(=O)Cc1ccc(CSc2cccc([N+](=O)[O-])c2)cc1. The zero-order valence-electron chi connectivity index (χ0n) is 12.7. The van der Waals surface area contributed by atoms with Crippen LogP contribution >= 0.6 is 11.8 Å². The van der Waals surface area contributed by atoms with Gasteiger partial charge in [0.05, 0.1) is 18.0 Å². The van der Waals surface area contributed by atoms with Crippen LogP contribution in [0.25, 0.3) is 0 Å². The number of non-ortho nitro benzene ring substituents is 1. The maximum Gasteiger partial charge on any atom is 0.310 e. The molecular weight excluding hydrogens is 314 g/mol. The van der Waals surface area contributed by atoms with Crippen LogP contribution < -0.4 is 0 Å². The van der Waals surface area contributed by atoms with Crippen LogP contribution in [0.4, 0.5) is 5.69 Å². The van der Waals surface area contributed by atoms with E-state index in [0.29, 0.717) is 12.4 Å². The topological polar surface area (TPSA) is 69.4 Å². The van der Waals surface area contributed by atoms with Gasteiger partial charge in [-0.25, -0.2) is 0 Å². The summed E-state index contributed by atoms with van der Waals surface area (Å²) >= 11 is 1.54. The Hall–Kier alpha value is -2.34. The van der Waals surface area contributed by atoms with E-state index in [0.717, 1.165) is 16.0 Å². The van der Waals surface area contributed by atoms with E-state index in [1.807, 2.05) is 30.3 Å². The largest absolute Gasteiger partial charge is 0.466 e. The summed E-state index contributed by atoms with van der Waals surface area (Å²) in [6.45, 7) is 2.17. The fourth-order valence-corrected chi connectivity index (χ4v) is 2.89. The fourth-order valence-electron chi connectivity index (χ4n) is 1.99. The zero-order valence-corrected chi connectivity index (χ0v) is 13.5. The third-order valence-corrected chi connectivity index (χ3v) is 4.18. The van der Waals surface area contributed by atoms with Crippen LogP contribution in [-0.4, -0.2) is 17.5 Å². The molecular formula is C17H17NO4S. The third-order valence-electron chi connectivity index (χ3n) is 3.11. The Bertz CT molecular complexity index is 685. The van der Waals surface area contributed by atoms with Crippen molar-refractivity contribution in [3.8, 4) is 0 Å². The minimum atomic E-state index is -0.395. The van der Waals surface area contributed by atoms with E-state index in [1.165, 1.54) is 17.8 Å². The lowest BCUT2D eigenvalue weighted by molar-refractivity contribution is -0.385. The van der Waals surface area contributed by atoms with E-state index < -0.39 is 4.92 Å². The van der Waals surface area contributed by atoms with Crippen molar-refractivity contribution in [2.45, 2.75) is 24.0 Å². The summed E-state index contributed by atoms with van der Waals surface area (Å²) in [5.74, 6) is 0.479. The molecule has 0 amide bonds. The van der Waals surface area contributed by atoms with Gasteiger partial charge in [0.2, 0.25) is 0 Å². The number of hydrogen-bond acceptors (Lipinski definition) is 5. The monoisotopic (exact) mass is 331 g/mol. The molecule has 0 aliphatic rings. The summed E-state index contributed by atoms with van der Waals surface area (Å²) in [5.41, 5.74) is 2.10. The Morgan fingerprint density at radius 2 is 1.87 bits per heavy atom. The first-order chi connectivity index (χ1) is 11.1. The summed E-state index contributed by atoms with van der Waals surface area (Å²) in [4.78, 5) is 22.6. The number of hydrogen-bond donors (Lipinski definition) is 0. The lowest BCUT2D eigenvalue weighted by Gasteiger charge is -2.05. The molecule has 0 aromatic heterocycles. The molecule has 120 valence electrons. The highest BCUT2D eigenvalue weighted by atomic mass is 32.2. The van der Waals surface area contributed by atoms with Crippen molar-refractivity contribution in [1.29, 1.82) is 0 Å². The van der Waals surface area contributed by atoms with Crippen molar-refractivity contribution < 1.29 is 14.5 Å². The molecule has 0 radical (unpaired) electrons. The molecule has 0 spiro atoms. The Labute approximate surface area is 138 Å². The molecule has 0 fully saturated rings. The molecule has 0 saturated heterocycles. The third kappa shape index (κ3) is 5.41. The maximum atomic E-state index is 11.4. The van der Waals surface area contributed by atoms with E-state index in [1.54, 1.807) is 19.1 Å². The van der Waals surface area contributed by atoms with Crippen LogP contribution in [0.3, 0.4) is 0 Å². The zero-order chi connectivity index (χ0) is 16.7. The Morgan fingerprint density at radius 3 is 2.52 bits per heavy atom. The van der Waals surface area contributed by atoms with Crippen LogP contribution in [0.1, 0.15) is 18.1 Å². The molecule has 0 heterocycles. The summed E-state index contributed by atoms with van der Waals surface area (Å²) in [6.07, 6.45) is 0.270. The summed E-state index contributed by atoms with van der Waals surface area (Å²) in [6, 6.07) is 14.3. The number of esters is 1. The lowest BCUT2D eigenvalue weighted by atomic mass is 10.1. The standard InChI is InChI=1S/C17H17NO4S/c1-2-22-17(19)10-13-6-8-14(9-7-13)12-23-16-5-3-4-15(11-16)18(20)21/h3-9,11H,2,10,12H2,1H3. The van der Waals surface area contributed by atoms with Gasteiger partial charge < -0.3 is 4.74 Å². The molecule has 5 nitrogen and oxygen atoms in total. The van der Waals surface area contributed by atoms with E-state index in [-0.39, 0.29) is 18.1 Å². The van der Waals surface area contributed by atoms with Crippen LogP contribution in [0.5, 0.6) is 0 Å². The molecule has 23 heavy (non-hydrogen) atoms. The molecule has 2 aromatic rings. The average molecular weight is 331 g/mol. The molecule has 6 heteroatoms. The first kappa shape index (κ1) is 17.0. The number of nitro groups is 1. The minimum absolute atomic E-state index is 0.0970. The van der Waals surface area contributed by atoms with Gasteiger partial charge in [0, 0.05) is 22.8 Å². The van der Waals surface area contributed by atoms with Crippen LogP contribution in [0.2, 0.25) is 0 Å². The second kappa shape index (κ2) is 8.33. The summed E-state index contributed by atoms with van der Waals surface area (Å²) < 4.78 is 4.91. The van der Waals surface area contributed by atoms with Gasteiger partial charge in [-0.15, -0.1) is 11.8 Å². The van der Waals surface area contributed by atoms with Crippen molar-refractivity contribution in [3.05, 3.63) is 69.8 Å². The molecule has 0 N–H and O–H groups in total. The number of ether oxygens (including phenoxy) is 1. The smallest absolute Gasteiger partial charge is 0.310 e. The number of carbonyl (C=O) groups excluding carboxylic acids is 1. The van der Waals surface area contributed by atoms with Gasteiger partial charge in [0.25, 0.3) is 5.69 Å². The molecule has 0 aliphatic carbocycles. The number of benzene rings is 2. The quantitative estimate of drug-likeness (QED) is 0.332. The minimum Gasteiger partial charge on any atom is -0.466 e. The van der Waals surface area contributed by atoms with Gasteiger partial charge in [-0.3, -0.25) is 14.9 Å². The van der Waals surface area contributed by atoms with Crippen LogP contribution in [0.15, 0.2) is 53.4 Å². The number of rotatable bonds is 7. The van der Waals surface area contributed by atoms with E-state index in [9.17, 15) is 14.9 Å². The lowest BCUT2D eigenvalue weighted by Crippen LogP contribution is -2.07. The second-order valence-electron chi connectivity index (χ2n) is 4.84. The second-order valence-corrected chi connectivity index (χ2v) is 5.89. The average Bonchev–Trinajstić information content (AvgIpc) is 2.54. The molecule has 2 aromatic carbocycles. The van der Waals surface area contributed by atoms with E-state index in [4.69, 9.17) is 4.74 Å². The van der Waals surface area contributed by atoms with Crippen molar-refractivity contribution in [2.24, 2.45) is 0 Å². The Balaban J connectivity index is 1.92. The highest BCUT2D eigenvalue weighted by molar-refractivity contribution is 7.98. The summed E-state index contributed by atoms with van der Waals surface area (Å²) in [5, 5.41) is 10.8. The fraction of sp³-hybridized carbons (Fsp3) is 0.235. The van der Waals surface area contributed by atoms with Crippen LogP contribution in [-0.2, 0) is 21.7 Å². The Morgan fingerprint density at radius 1 is 1.17 bits per heavy atom. The van der Waals surface area contributed by atoms with Crippen molar-refractivity contribution in [2.75, 3.05) is 6.61 Å². The highest BCUT2D eigenvalue weighted by Crippen LogP contribution is 2.26. The van der Waals surface area contributed by atoms with Crippen LogP contribution in [0, 0.1) is 10.1 Å². The maximum absolute atomic E-state index is 11.4. The molecule has 0 bridgehead atoms. The number of nitrogens with zero attached hydrogens (tertiary/aromatic N) is 1. The Kier molecular flexibility index (Phi) is 6.17. The van der Waals surface area contributed by atoms with Gasteiger partial charge >= 0.3 is 5.97 Å². The van der Waals surface area contributed by atoms with Crippen molar-refractivity contribution >= 4 is 23.4 Å². The molecule has 0 unspecified atom stereocenters. The first-order valence-electron chi connectivity index (χ1n) is 7.19. The molecule has 0 aliphatic heterocycles. The number of thioether (sulfide) groups is 1. The van der Waals surface area contributed by atoms with Gasteiger partial charge in [-0.2, -0.15) is 0 Å². The van der Waals surface area contributed by atoms with Gasteiger partial charge in [-0.1, -0.05) is 30.3 Å². The van der Waals surface area contributed by atoms with Crippen molar-refractivity contribution in [1.82, 2.24) is 0 Å². The predicted molar refractivity (Wildman–Crippen MR) is 89.4 cm³/mol. The normalized spacial score (nSPS) is 10.3. The van der Waals surface area contributed by atoms with Crippen molar-refractivity contribution in [3.63, 3.8) is 0 Å². The highest BCUT2D eigenvalue weighted by Gasteiger charge is 2.07. The molecule has 0 atom stereocenters. The van der Waals surface area contributed by atoms with Gasteiger partial charge in [0.15, 0.2) is 0 Å². The van der Waals surface area contributed by atoms with Gasteiger partial charge in [0.1, 0.15) is 0 Å². The first-order valence-corrected chi connectivity index (χ1v) is 8.17. The van der Waals surface area contributed by atoms with Gasteiger partial charge in [-0.05, 0) is 24.1 Å². The number of nitro benzene ring substituents is 1. The number of carbonyl (C=O) groups is 1. The summed E-state index contributed by atoms with van der Waals surface area (Å²) in [7, 11) is 0. The molecule has 2 rings (SSSR count). The van der Waals surface area contributed by atoms with E-state index in [2.05, 4.69) is 0 Å². The van der Waals surface area contributed by atoms with E-state index >= 15 is 0 Å². The predicted octanol–water partition coefficient (Wildman–Crippen LogP) is 3.99. The molecule has 0 saturated carbocycles.